The Morgan fingerprint density at radius 1 is 1.19 bits per heavy atom. The summed E-state index contributed by atoms with van der Waals surface area (Å²) in [6.07, 6.45) is 0.573. The van der Waals surface area contributed by atoms with Crippen LogP contribution in [0.15, 0.2) is 47.4 Å². The van der Waals surface area contributed by atoms with Crippen LogP contribution in [0.2, 0.25) is 5.02 Å². The van der Waals surface area contributed by atoms with Gasteiger partial charge in [-0.2, -0.15) is 0 Å². The van der Waals surface area contributed by atoms with Crippen molar-refractivity contribution in [1.82, 2.24) is 4.57 Å². The number of carbonyl (C=O) groups excluding carboxylic acids is 2. The predicted molar refractivity (Wildman–Crippen MR) is 122 cm³/mol. The summed E-state index contributed by atoms with van der Waals surface area (Å²) in [5.74, 6) is -1.06. The first-order chi connectivity index (χ1) is 14.7. The molecule has 0 fully saturated rings. The number of hydrogen-bond acceptors (Lipinski definition) is 5. The van der Waals surface area contributed by atoms with Crippen molar-refractivity contribution in [3.63, 3.8) is 0 Å². The van der Waals surface area contributed by atoms with Crippen molar-refractivity contribution in [2.75, 3.05) is 19.5 Å². The lowest BCUT2D eigenvalue weighted by Gasteiger charge is -2.02. The highest BCUT2D eigenvalue weighted by Gasteiger charge is 2.12. The molecule has 0 aliphatic rings. The first kappa shape index (κ1) is 24.6. The maximum absolute atomic E-state index is 11.6. The van der Waals surface area contributed by atoms with Crippen molar-refractivity contribution < 1.29 is 23.6 Å². The Bertz CT molecular complexity index is 1110. The number of carbonyl (C=O) groups is 2. The van der Waals surface area contributed by atoms with E-state index in [0.717, 1.165) is 22.0 Å². The van der Waals surface area contributed by atoms with Gasteiger partial charge in [-0.3, -0.25) is 13.8 Å². The van der Waals surface area contributed by atoms with Crippen molar-refractivity contribution in [3.05, 3.63) is 64.3 Å². The van der Waals surface area contributed by atoms with Gasteiger partial charge in [-0.05, 0) is 54.8 Å². The van der Waals surface area contributed by atoms with Gasteiger partial charge >= 0.3 is 5.97 Å². The van der Waals surface area contributed by atoms with Gasteiger partial charge in [0.05, 0.1) is 28.4 Å². The third kappa shape index (κ3) is 6.40. The number of nitrogens with two attached hydrogens (primary N) is 1. The summed E-state index contributed by atoms with van der Waals surface area (Å²) in [7, 11) is 1.71. The zero-order valence-corrected chi connectivity index (χ0v) is 19.1. The molecule has 3 N–H and O–H groups in total. The molecule has 0 saturated carbocycles. The van der Waals surface area contributed by atoms with E-state index in [9.17, 15) is 13.8 Å². The van der Waals surface area contributed by atoms with E-state index in [1.54, 1.807) is 41.9 Å². The lowest BCUT2D eigenvalue weighted by atomic mass is 10.2. The smallest absolute Gasteiger partial charge is 0.318 e. The average molecular weight is 465 g/mol. The van der Waals surface area contributed by atoms with Crippen molar-refractivity contribution >= 4 is 45.2 Å². The zero-order chi connectivity index (χ0) is 23.1. The Morgan fingerprint density at radius 3 is 2.39 bits per heavy atom. The fraction of sp³-hybridized carbons (Fsp3) is 0.273. The second-order valence-electron chi connectivity index (χ2n) is 6.82. The maximum atomic E-state index is 11.6. The van der Waals surface area contributed by atoms with Crippen LogP contribution in [0.5, 0.6) is 0 Å². The summed E-state index contributed by atoms with van der Waals surface area (Å²) in [6.45, 7) is 2.05. The third-order valence-electron chi connectivity index (χ3n) is 4.57. The number of ether oxygens (including phenoxy) is 1. The van der Waals surface area contributed by atoms with Crippen LogP contribution in [0.25, 0.3) is 10.9 Å². The van der Waals surface area contributed by atoms with Crippen LogP contribution in [0, 0.1) is 6.92 Å². The Balaban J connectivity index is 0.000000220. The van der Waals surface area contributed by atoms with Crippen LogP contribution in [0.3, 0.4) is 0 Å². The number of primary amides is 1. The van der Waals surface area contributed by atoms with Crippen molar-refractivity contribution in [2.24, 2.45) is 12.8 Å². The lowest BCUT2D eigenvalue weighted by Crippen LogP contribution is -2.14. The van der Waals surface area contributed by atoms with Gasteiger partial charge in [0.1, 0.15) is 11.4 Å². The maximum Gasteiger partial charge on any atom is 0.318 e. The molecule has 7 nitrogen and oxygen atoms in total. The minimum absolute atomic E-state index is 0.0879. The van der Waals surface area contributed by atoms with Gasteiger partial charge in [0.25, 0.3) is 5.91 Å². The number of aromatic nitrogens is 1. The molecule has 166 valence electrons. The minimum atomic E-state index is -1.36. The molecule has 2 aromatic carbocycles. The lowest BCUT2D eigenvalue weighted by molar-refractivity contribution is -0.137. The fourth-order valence-electron chi connectivity index (χ4n) is 2.94. The van der Waals surface area contributed by atoms with E-state index < -0.39 is 22.7 Å². The number of rotatable bonds is 6. The van der Waals surface area contributed by atoms with Gasteiger partial charge in [-0.1, -0.05) is 23.7 Å². The van der Waals surface area contributed by atoms with E-state index in [4.69, 9.17) is 22.4 Å². The summed E-state index contributed by atoms with van der Waals surface area (Å²) in [5.41, 5.74) is 8.69. The standard InChI is InChI=1S/C11H11ClN2O.C11H14O4S/c1-6-3-8(12)7-5-10(11(13)15)14(2)9(7)4-6;1-15-11(13)8-16(14)10-4-2-9(3-5-10)6-7-12/h3-5H,1-2H3,(H2,13,15);2-5,12H,6-8H2,1H3. The highest BCUT2D eigenvalue weighted by Crippen LogP contribution is 2.27. The molecular weight excluding hydrogens is 440 g/mol. The molecule has 31 heavy (non-hydrogen) atoms. The number of methoxy groups -OCH3 is 1. The summed E-state index contributed by atoms with van der Waals surface area (Å²) in [4.78, 5) is 22.7. The first-order valence-electron chi connectivity index (χ1n) is 9.38. The monoisotopic (exact) mass is 464 g/mol. The number of aryl methyl sites for hydroxylation is 2. The molecule has 0 saturated heterocycles. The summed E-state index contributed by atoms with van der Waals surface area (Å²) in [5, 5.41) is 10.2. The van der Waals surface area contributed by atoms with Gasteiger partial charge in [-0.25, -0.2) is 0 Å². The molecule has 3 aromatic rings. The average Bonchev–Trinajstić information content (AvgIpc) is 3.06. The molecule has 0 spiro atoms. The molecule has 9 heteroatoms. The summed E-state index contributed by atoms with van der Waals surface area (Å²) in [6, 6.07) is 12.6. The Labute approximate surface area is 188 Å². The van der Waals surface area contributed by atoms with Crippen LogP contribution in [0.1, 0.15) is 21.6 Å². The molecular formula is C22H25ClN2O5S. The van der Waals surface area contributed by atoms with E-state index in [1.165, 1.54) is 7.11 Å². The Kier molecular flexibility index (Phi) is 8.79. The van der Waals surface area contributed by atoms with Gasteiger partial charge in [0.2, 0.25) is 0 Å². The summed E-state index contributed by atoms with van der Waals surface area (Å²) < 4.78 is 17.8. The fourth-order valence-corrected chi connectivity index (χ4v) is 4.20. The predicted octanol–water partition coefficient (Wildman–Crippen LogP) is 2.74. The normalized spacial score (nSPS) is 11.5. The van der Waals surface area contributed by atoms with E-state index in [-0.39, 0.29) is 12.4 Å². The quantitative estimate of drug-likeness (QED) is 0.545. The topological polar surface area (TPSA) is 112 Å². The molecule has 1 atom stereocenters. The largest absolute Gasteiger partial charge is 0.468 e. The van der Waals surface area contributed by atoms with E-state index in [2.05, 4.69) is 4.74 Å². The van der Waals surface area contributed by atoms with E-state index in [0.29, 0.717) is 22.0 Å². The number of aliphatic hydroxyl groups is 1. The number of aliphatic hydroxyl groups excluding tert-OH is 1. The number of hydrogen-bond donors (Lipinski definition) is 2. The third-order valence-corrected chi connectivity index (χ3v) is 6.18. The van der Waals surface area contributed by atoms with Crippen LogP contribution in [0.4, 0.5) is 0 Å². The first-order valence-corrected chi connectivity index (χ1v) is 11.1. The SMILES string of the molecule is COC(=O)CS(=O)c1ccc(CCO)cc1.Cc1cc(Cl)c2cc(C(N)=O)n(C)c2c1. The number of nitrogens with zero attached hydrogens (tertiary/aromatic N) is 1. The minimum Gasteiger partial charge on any atom is -0.468 e. The van der Waals surface area contributed by atoms with Crippen molar-refractivity contribution in [2.45, 2.75) is 18.2 Å². The van der Waals surface area contributed by atoms with Gasteiger partial charge in [0, 0.05) is 23.9 Å². The highest BCUT2D eigenvalue weighted by atomic mass is 35.5. The second kappa shape index (κ2) is 11.1. The van der Waals surface area contributed by atoms with Crippen LogP contribution in [-0.4, -0.2) is 45.2 Å². The van der Waals surface area contributed by atoms with Crippen molar-refractivity contribution in [3.8, 4) is 0 Å². The molecule has 3 rings (SSSR count). The number of amides is 1. The number of esters is 1. The van der Waals surface area contributed by atoms with Gasteiger partial charge in [-0.15, -0.1) is 0 Å². The van der Waals surface area contributed by atoms with Crippen LogP contribution in [-0.2, 0) is 33.8 Å². The molecule has 1 heterocycles. The second-order valence-corrected chi connectivity index (χ2v) is 8.67. The molecule has 0 aliphatic carbocycles. The zero-order valence-electron chi connectivity index (χ0n) is 17.6. The van der Waals surface area contributed by atoms with Gasteiger partial charge in [0.15, 0.2) is 0 Å². The number of benzene rings is 2. The number of halogens is 1. The molecule has 1 amide bonds. The van der Waals surface area contributed by atoms with Crippen LogP contribution >= 0.6 is 11.6 Å². The van der Waals surface area contributed by atoms with Gasteiger partial charge < -0.3 is 20.1 Å². The highest BCUT2D eigenvalue weighted by molar-refractivity contribution is 7.85. The van der Waals surface area contributed by atoms with Crippen LogP contribution < -0.4 is 5.73 Å². The Hall–Kier alpha value is -2.68. The molecule has 0 radical (unpaired) electrons. The number of fused-ring (bicyclic) bond motifs is 1. The molecule has 1 unspecified atom stereocenters. The van der Waals surface area contributed by atoms with E-state index in [1.807, 2.05) is 19.1 Å². The van der Waals surface area contributed by atoms with Crippen molar-refractivity contribution in [1.29, 1.82) is 0 Å². The summed E-state index contributed by atoms with van der Waals surface area (Å²) >= 11 is 6.09. The Morgan fingerprint density at radius 2 is 1.84 bits per heavy atom. The molecule has 0 bridgehead atoms. The molecule has 1 aromatic heterocycles. The van der Waals surface area contributed by atoms with E-state index >= 15 is 0 Å². The molecule has 0 aliphatic heterocycles.